The van der Waals surface area contributed by atoms with Gasteiger partial charge in [0.25, 0.3) is 5.69 Å². The fourth-order valence-corrected chi connectivity index (χ4v) is 2.67. The van der Waals surface area contributed by atoms with Gasteiger partial charge in [0.2, 0.25) is 0 Å². The van der Waals surface area contributed by atoms with Crippen molar-refractivity contribution in [3.8, 4) is 0 Å². The van der Waals surface area contributed by atoms with Gasteiger partial charge < -0.3 is 9.84 Å². The van der Waals surface area contributed by atoms with Crippen molar-refractivity contribution >= 4 is 11.5 Å². The van der Waals surface area contributed by atoms with Crippen molar-refractivity contribution in [3.05, 3.63) is 52.1 Å². The van der Waals surface area contributed by atoms with Crippen LogP contribution in [0, 0.1) is 10.1 Å². The molecule has 0 fully saturated rings. The SMILES string of the molecule is CCCCCCCCCCOC(O)C=CCC(=O)c1ccc([N+](=O)[O-])cc1. The van der Waals surface area contributed by atoms with Gasteiger partial charge >= 0.3 is 0 Å². The summed E-state index contributed by atoms with van der Waals surface area (Å²) >= 11 is 0. The maximum atomic E-state index is 12.0. The van der Waals surface area contributed by atoms with E-state index in [0.717, 1.165) is 12.8 Å². The summed E-state index contributed by atoms with van der Waals surface area (Å²) < 4.78 is 5.30. The summed E-state index contributed by atoms with van der Waals surface area (Å²) in [5.41, 5.74) is 0.353. The minimum Gasteiger partial charge on any atom is -0.365 e. The molecule has 0 saturated carbocycles. The molecule has 0 heterocycles. The second-order valence-electron chi connectivity index (χ2n) is 6.60. The lowest BCUT2D eigenvalue weighted by Gasteiger charge is -2.07. The average Bonchev–Trinajstić information content (AvgIpc) is 2.66. The van der Waals surface area contributed by atoms with Crippen LogP contribution in [0.15, 0.2) is 36.4 Å². The molecule has 1 aromatic carbocycles. The molecule has 1 rings (SSSR count). The highest BCUT2D eigenvalue weighted by atomic mass is 16.6. The molecule has 0 bridgehead atoms. The number of allylic oxidation sites excluding steroid dienone is 1. The number of carbonyl (C=O) groups excluding carboxylic acids is 1. The number of nitrogens with zero attached hydrogens (tertiary/aromatic N) is 1. The van der Waals surface area contributed by atoms with Gasteiger partial charge in [-0.1, -0.05) is 57.9 Å². The zero-order valence-corrected chi connectivity index (χ0v) is 16.1. The predicted octanol–water partition coefficient (Wildman–Crippen LogP) is 5.20. The Bertz CT molecular complexity index is 583. The summed E-state index contributed by atoms with van der Waals surface area (Å²) in [5, 5.41) is 20.3. The van der Waals surface area contributed by atoms with Crippen LogP contribution in [0.1, 0.15) is 75.1 Å². The number of nitro groups is 1. The van der Waals surface area contributed by atoms with E-state index in [1.54, 1.807) is 6.08 Å². The van der Waals surface area contributed by atoms with Crippen molar-refractivity contribution < 1.29 is 19.6 Å². The minimum atomic E-state index is -1.01. The van der Waals surface area contributed by atoms with Gasteiger partial charge in [0.05, 0.1) is 11.5 Å². The van der Waals surface area contributed by atoms with Crippen molar-refractivity contribution in [2.45, 2.75) is 71.0 Å². The molecule has 0 aromatic heterocycles. The Labute approximate surface area is 161 Å². The smallest absolute Gasteiger partial charge is 0.269 e. The summed E-state index contributed by atoms with van der Waals surface area (Å²) in [6.45, 7) is 2.71. The molecule has 1 N–H and O–H groups in total. The number of Topliss-reactive ketones (excluding diaryl/α,β-unsaturated/α-hetero) is 1. The minimum absolute atomic E-state index is 0.0492. The molecule has 150 valence electrons. The van der Waals surface area contributed by atoms with Crippen molar-refractivity contribution in [2.24, 2.45) is 0 Å². The number of carbonyl (C=O) groups is 1. The Morgan fingerprint density at radius 1 is 1.11 bits per heavy atom. The summed E-state index contributed by atoms with van der Waals surface area (Å²) in [4.78, 5) is 22.1. The number of ketones is 1. The molecule has 0 aliphatic heterocycles. The number of unbranched alkanes of at least 4 members (excludes halogenated alkanes) is 7. The highest BCUT2D eigenvalue weighted by Gasteiger charge is 2.08. The molecule has 0 aliphatic rings. The second-order valence-corrected chi connectivity index (χ2v) is 6.60. The summed E-state index contributed by atoms with van der Waals surface area (Å²) in [7, 11) is 0. The first-order valence-corrected chi connectivity index (χ1v) is 9.78. The third-order valence-corrected chi connectivity index (χ3v) is 4.29. The molecule has 0 saturated heterocycles. The summed E-state index contributed by atoms with van der Waals surface area (Å²) in [6.07, 6.45) is 11.8. The first kappa shape index (κ1) is 23.0. The van der Waals surface area contributed by atoms with E-state index in [0.29, 0.717) is 12.2 Å². The first-order chi connectivity index (χ1) is 13.0. The molecule has 6 nitrogen and oxygen atoms in total. The number of aliphatic hydroxyl groups excluding tert-OH is 1. The van der Waals surface area contributed by atoms with Crippen LogP contribution in [0.25, 0.3) is 0 Å². The molecule has 0 amide bonds. The van der Waals surface area contributed by atoms with E-state index < -0.39 is 11.2 Å². The Hall–Kier alpha value is -2.05. The quantitative estimate of drug-likeness (QED) is 0.113. The van der Waals surface area contributed by atoms with Crippen LogP contribution in [0.5, 0.6) is 0 Å². The summed E-state index contributed by atoms with van der Waals surface area (Å²) in [6, 6.07) is 5.48. The maximum absolute atomic E-state index is 12.0. The lowest BCUT2D eigenvalue weighted by molar-refractivity contribution is -0.384. The molecular formula is C21H31NO5. The van der Waals surface area contributed by atoms with Crippen LogP contribution in [-0.4, -0.2) is 28.7 Å². The van der Waals surface area contributed by atoms with E-state index in [-0.39, 0.29) is 17.9 Å². The maximum Gasteiger partial charge on any atom is 0.269 e. The zero-order chi connectivity index (χ0) is 19.9. The number of benzene rings is 1. The van der Waals surface area contributed by atoms with Crippen LogP contribution >= 0.6 is 0 Å². The molecule has 6 heteroatoms. The van der Waals surface area contributed by atoms with E-state index in [4.69, 9.17) is 4.74 Å². The van der Waals surface area contributed by atoms with Gasteiger partial charge in [-0.25, -0.2) is 0 Å². The molecule has 1 aromatic rings. The molecule has 0 aliphatic carbocycles. The lowest BCUT2D eigenvalue weighted by atomic mass is 10.1. The number of non-ortho nitro benzene ring substituents is 1. The number of ether oxygens (including phenoxy) is 1. The van der Waals surface area contributed by atoms with Gasteiger partial charge in [-0.05, 0) is 24.6 Å². The lowest BCUT2D eigenvalue weighted by Crippen LogP contribution is -2.09. The van der Waals surface area contributed by atoms with E-state index >= 15 is 0 Å². The Morgan fingerprint density at radius 3 is 2.30 bits per heavy atom. The molecule has 27 heavy (non-hydrogen) atoms. The van der Waals surface area contributed by atoms with Gasteiger partial charge in [0.15, 0.2) is 12.1 Å². The van der Waals surface area contributed by atoms with Crippen molar-refractivity contribution in [1.82, 2.24) is 0 Å². The third kappa shape index (κ3) is 10.6. The second kappa shape index (κ2) is 14.1. The standard InChI is InChI=1S/C21H31NO5/c1-2-3-4-5-6-7-8-9-17-27-21(24)12-10-11-20(23)18-13-15-19(16-14-18)22(25)26/h10,12-16,21,24H,2-9,11,17H2,1H3. The largest absolute Gasteiger partial charge is 0.365 e. The van der Waals surface area contributed by atoms with Crippen LogP contribution in [0.3, 0.4) is 0 Å². The Balaban J connectivity index is 2.13. The third-order valence-electron chi connectivity index (χ3n) is 4.29. The number of hydrogen-bond donors (Lipinski definition) is 1. The van der Waals surface area contributed by atoms with Crippen LogP contribution in [-0.2, 0) is 4.74 Å². The van der Waals surface area contributed by atoms with Crippen LogP contribution in [0.2, 0.25) is 0 Å². The van der Waals surface area contributed by atoms with E-state index in [1.165, 1.54) is 68.9 Å². The molecule has 1 unspecified atom stereocenters. The molecule has 1 atom stereocenters. The van der Waals surface area contributed by atoms with Crippen molar-refractivity contribution in [2.75, 3.05) is 6.61 Å². The average molecular weight is 377 g/mol. The highest BCUT2D eigenvalue weighted by molar-refractivity contribution is 5.97. The molecular weight excluding hydrogens is 346 g/mol. The fourth-order valence-electron chi connectivity index (χ4n) is 2.67. The number of aliphatic hydroxyl groups is 1. The topological polar surface area (TPSA) is 89.7 Å². The molecule has 0 spiro atoms. The zero-order valence-electron chi connectivity index (χ0n) is 16.1. The van der Waals surface area contributed by atoms with Gasteiger partial charge in [-0.15, -0.1) is 0 Å². The van der Waals surface area contributed by atoms with E-state index in [2.05, 4.69) is 6.92 Å². The van der Waals surface area contributed by atoms with Crippen molar-refractivity contribution in [3.63, 3.8) is 0 Å². The van der Waals surface area contributed by atoms with E-state index in [9.17, 15) is 20.0 Å². The fraction of sp³-hybridized carbons (Fsp3) is 0.571. The molecule has 0 radical (unpaired) electrons. The van der Waals surface area contributed by atoms with Gasteiger partial charge in [0.1, 0.15) is 0 Å². The number of hydrogen-bond acceptors (Lipinski definition) is 5. The number of rotatable bonds is 15. The number of nitro benzene ring substituents is 1. The highest BCUT2D eigenvalue weighted by Crippen LogP contribution is 2.13. The summed E-state index contributed by atoms with van der Waals surface area (Å²) in [5.74, 6) is -0.170. The van der Waals surface area contributed by atoms with Gasteiger partial charge in [0, 0.05) is 24.1 Å². The van der Waals surface area contributed by atoms with Crippen LogP contribution in [0.4, 0.5) is 5.69 Å². The van der Waals surface area contributed by atoms with Crippen LogP contribution < -0.4 is 0 Å². The Morgan fingerprint density at radius 2 is 1.70 bits per heavy atom. The first-order valence-electron chi connectivity index (χ1n) is 9.78. The normalized spacial score (nSPS) is 12.4. The monoisotopic (exact) mass is 377 g/mol. The van der Waals surface area contributed by atoms with Gasteiger partial charge in [-0.2, -0.15) is 0 Å². The van der Waals surface area contributed by atoms with Gasteiger partial charge in [-0.3, -0.25) is 14.9 Å². The van der Waals surface area contributed by atoms with E-state index in [1.807, 2.05) is 0 Å². The predicted molar refractivity (Wildman–Crippen MR) is 106 cm³/mol. The van der Waals surface area contributed by atoms with Crippen molar-refractivity contribution in [1.29, 1.82) is 0 Å². The Kier molecular flexibility index (Phi) is 12.0.